The number of morpholine rings is 1. The Hall–Kier alpha value is -1.67. The molecule has 1 aliphatic heterocycles. The molecule has 1 aliphatic rings. The van der Waals surface area contributed by atoms with E-state index in [1.165, 1.54) is 0 Å². The van der Waals surface area contributed by atoms with Crippen LogP contribution in [0.1, 0.15) is 17.4 Å². The van der Waals surface area contributed by atoms with Gasteiger partial charge >= 0.3 is 0 Å². The number of benzene rings is 1. The van der Waals surface area contributed by atoms with Crippen molar-refractivity contribution in [2.24, 2.45) is 0 Å². The van der Waals surface area contributed by atoms with Crippen LogP contribution in [0.15, 0.2) is 52.0 Å². The molecular weight excluding hydrogens is 328 g/mol. The molecule has 0 spiro atoms. The molecule has 3 rings (SSSR count). The first-order valence-electron chi connectivity index (χ1n) is 7.98. The zero-order valence-corrected chi connectivity index (χ0v) is 14.5. The normalized spacial score (nSPS) is 17.7. The molecule has 0 saturated carbocycles. The molecule has 0 radical (unpaired) electrons. The van der Waals surface area contributed by atoms with E-state index in [4.69, 9.17) is 9.15 Å². The quantitative estimate of drug-likeness (QED) is 0.862. The van der Waals surface area contributed by atoms with Crippen LogP contribution in [-0.4, -0.2) is 46.2 Å². The molecule has 0 amide bonds. The molecule has 1 atom stereocenters. The Balaban J connectivity index is 1.74. The maximum atomic E-state index is 12.5. The number of hydrogen-bond acceptors (Lipinski definition) is 5. The van der Waals surface area contributed by atoms with E-state index in [9.17, 15) is 8.42 Å². The Morgan fingerprint density at radius 1 is 1.17 bits per heavy atom. The van der Waals surface area contributed by atoms with Gasteiger partial charge in [-0.2, -0.15) is 0 Å². The predicted octanol–water partition coefficient (Wildman–Crippen LogP) is 1.94. The Morgan fingerprint density at radius 2 is 1.88 bits per heavy atom. The number of hydrogen-bond donors (Lipinski definition) is 1. The number of ether oxygens (including phenoxy) is 1. The zero-order chi connectivity index (χ0) is 17.0. The molecule has 7 heteroatoms. The van der Waals surface area contributed by atoms with Gasteiger partial charge in [-0.3, -0.25) is 4.90 Å². The molecule has 1 N–H and O–H groups in total. The fraction of sp³-hybridized carbons (Fsp3) is 0.412. The number of rotatable bonds is 6. The second-order valence-electron chi connectivity index (χ2n) is 5.84. The Kier molecular flexibility index (Phi) is 5.35. The van der Waals surface area contributed by atoms with Crippen molar-refractivity contribution in [2.45, 2.75) is 17.9 Å². The second kappa shape index (κ2) is 7.48. The van der Waals surface area contributed by atoms with E-state index < -0.39 is 10.0 Å². The third-order valence-electron chi connectivity index (χ3n) is 4.16. The molecule has 2 aromatic rings. The van der Waals surface area contributed by atoms with Gasteiger partial charge in [-0.15, -0.1) is 0 Å². The number of nitrogens with zero attached hydrogens (tertiary/aromatic N) is 1. The molecule has 1 aromatic heterocycles. The van der Waals surface area contributed by atoms with Gasteiger partial charge in [-0.05, 0) is 31.2 Å². The minimum Gasteiger partial charge on any atom is -0.468 e. The summed E-state index contributed by atoms with van der Waals surface area (Å²) in [6.45, 7) is 4.96. The second-order valence-corrected chi connectivity index (χ2v) is 7.61. The monoisotopic (exact) mass is 350 g/mol. The van der Waals surface area contributed by atoms with Gasteiger partial charge in [-0.25, -0.2) is 13.1 Å². The first-order valence-corrected chi connectivity index (χ1v) is 9.46. The molecular formula is C17H22N2O4S. The molecule has 1 fully saturated rings. The van der Waals surface area contributed by atoms with Gasteiger partial charge in [0.15, 0.2) is 0 Å². The summed E-state index contributed by atoms with van der Waals surface area (Å²) in [5.41, 5.74) is 1.02. The van der Waals surface area contributed by atoms with Crippen LogP contribution < -0.4 is 4.72 Å². The summed E-state index contributed by atoms with van der Waals surface area (Å²) in [6, 6.07) is 10.4. The lowest BCUT2D eigenvalue weighted by Crippen LogP contribution is -2.43. The van der Waals surface area contributed by atoms with Crippen molar-refractivity contribution in [1.29, 1.82) is 0 Å². The summed E-state index contributed by atoms with van der Waals surface area (Å²) in [5, 5.41) is 0. The van der Waals surface area contributed by atoms with E-state index in [0.29, 0.717) is 13.2 Å². The van der Waals surface area contributed by atoms with Gasteiger partial charge in [0, 0.05) is 19.6 Å². The van der Waals surface area contributed by atoms with E-state index in [1.54, 1.807) is 30.5 Å². The molecule has 1 saturated heterocycles. The van der Waals surface area contributed by atoms with Crippen LogP contribution in [0, 0.1) is 6.92 Å². The van der Waals surface area contributed by atoms with Crippen molar-refractivity contribution in [3.05, 3.63) is 54.0 Å². The predicted molar refractivity (Wildman–Crippen MR) is 90.2 cm³/mol. The molecule has 130 valence electrons. The van der Waals surface area contributed by atoms with Crippen LogP contribution in [-0.2, 0) is 14.8 Å². The van der Waals surface area contributed by atoms with E-state index in [-0.39, 0.29) is 17.5 Å². The van der Waals surface area contributed by atoms with Crippen molar-refractivity contribution in [3.63, 3.8) is 0 Å². The Morgan fingerprint density at radius 3 is 2.50 bits per heavy atom. The summed E-state index contributed by atoms with van der Waals surface area (Å²) in [7, 11) is -3.55. The SMILES string of the molecule is Cc1ccc(S(=O)(=O)NC[C@@H](c2ccco2)N2CCOCC2)cc1. The van der Waals surface area contributed by atoms with Crippen LogP contribution in [0.4, 0.5) is 0 Å². The van der Waals surface area contributed by atoms with Crippen molar-refractivity contribution in [3.8, 4) is 0 Å². The maximum Gasteiger partial charge on any atom is 0.240 e. The minimum atomic E-state index is -3.55. The van der Waals surface area contributed by atoms with Gasteiger partial charge in [0.1, 0.15) is 5.76 Å². The zero-order valence-electron chi connectivity index (χ0n) is 13.6. The van der Waals surface area contributed by atoms with Crippen LogP contribution in [0.25, 0.3) is 0 Å². The topological polar surface area (TPSA) is 71.8 Å². The molecule has 2 heterocycles. The number of sulfonamides is 1. The number of nitrogens with one attached hydrogen (secondary N) is 1. The molecule has 0 unspecified atom stereocenters. The van der Waals surface area contributed by atoms with E-state index >= 15 is 0 Å². The summed E-state index contributed by atoms with van der Waals surface area (Å²) < 4.78 is 38.6. The molecule has 0 bridgehead atoms. The van der Waals surface area contributed by atoms with E-state index in [1.807, 2.05) is 19.1 Å². The highest BCUT2D eigenvalue weighted by Gasteiger charge is 2.26. The smallest absolute Gasteiger partial charge is 0.240 e. The Labute approximate surface area is 142 Å². The van der Waals surface area contributed by atoms with Gasteiger partial charge in [0.2, 0.25) is 10.0 Å². The highest BCUT2D eigenvalue weighted by atomic mass is 32.2. The first-order chi connectivity index (χ1) is 11.6. The summed E-state index contributed by atoms with van der Waals surface area (Å²) in [5.74, 6) is 0.753. The van der Waals surface area contributed by atoms with Gasteiger partial charge in [0.25, 0.3) is 0 Å². The average Bonchev–Trinajstić information content (AvgIpc) is 3.11. The van der Waals surface area contributed by atoms with E-state index in [2.05, 4.69) is 9.62 Å². The average molecular weight is 350 g/mol. The number of aryl methyl sites for hydroxylation is 1. The highest BCUT2D eigenvalue weighted by molar-refractivity contribution is 7.89. The highest BCUT2D eigenvalue weighted by Crippen LogP contribution is 2.22. The van der Waals surface area contributed by atoms with Crippen molar-refractivity contribution in [2.75, 3.05) is 32.8 Å². The van der Waals surface area contributed by atoms with Gasteiger partial charge in [-0.1, -0.05) is 17.7 Å². The molecule has 24 heavy (non-hydrogen) atoms. The van der Waals surface area contributed by atoms with Crippen molar-refractivity contribution in [1.82, 2.24) is 9.62 Å². The standard InChI is InChI=1S/C17H22N2O4S/c1-14-4-6-15(7-5-14)24(20,21)18-13-16(17-3-2-10-23-17)19-8-11-22-12-9-19/h2-7,10,16,18H,8-9,11-13H2,1H3/t16-/m0/s1. The lowest BCUT2D eigenvalue weighted by Gasteiger charge is -2.33. The van der Waals surface area contributed by atoms with Crippen molar-refractivity contribution < 1.29 is 17.6 Å². The fourth-order valence-electron chi connectivity index (χ4n) is 2.77. The summed E-state index contributed by atoms with van der Waals surface area (Å²) in [4.78, 5) is 2.45. The van der Waals surface area contributed by atoms with Crippen LogP contribution in [0.5, 0.6) is 0 Å². The number of furan rings is 1. The molecule has 6 nitrogen and oxygen atoms in total. The van der Waals surface area contributed by atoms with Gasteiger partial charge < -0.3 is 9.15 Å². The van der Waals surface area contributed by atoms with E-state index in [0.717, 1.165) is 24.4 Å². The maximum absolute atomic E-state index is 12.5. The summed E-state index contributed by atoms with van der Waals surface area (Å²) in [6.07, 6.45) is 1.61. The summed E-state index contributed by atoms with van der Waals surface area (Å²) >= 11 is 0. The largest absolute Gasteiger partial charge is 0.468 e. The van der Waals surface area contributed by atoms with Crippen LogP contribution >= 0.6 is 0 Å². The van der Waals surface area contributed by atoms with Gasteiger partial charge in [0.05, 0.1) is 30.4 Å². The first kappa shape index (κ1) is 17.2. The third-order valence-corrected chi connectivity index (χ3v) is 5.60. The third kappa shape index (κ3) is 4.05. The minimum absolute atomic E-state index is 0.149. The van der Waals surface area contributed by atoms with Crippen LogP contribution in [0.2, 0.25) is 0 Å². The fourth-order valence-corrected chi connectivity index (χ4v) is 3.81. The lowest BCUT2D eigenvalue weighted by atomic mass is 10.2. The molecule has 1 aromatic carbocycles. The molecule has 0 aliphatic carbocycles. The van der Waals surface area contributed by atoms with Crippen molar-refractivity contribution >= 4 is 10.0 Å². The Bertz CT molecular complexity index is 735. The lowest BCUT2D eigenvalue weighted by molar-refractivity contribution is 0.0128. The van der Waals surface area contributed by atoms with Crippen LogP contribution in [0.3, 0.4) is 0 Å².